The molecule has 1 saturated heterocycles. The molecule has 2 fully saturated rings. The minimum absolute atomic E-state index is 0.0709. The van der Waals surface area contributed by atoms with Crippen molar-refractivity contribution < 1.29 is 18.3 Å². The molecule has 1 aromatic rings. The molecular weight excluding hydrogens is 420 g/mol. The van der Waals surface area contributed by atoms with Gasteiger partial charge in [-0.05, 0) is 66.6 Å². The van der Waals surface area contributed by atoms with Crippen molar-refractivity contribution in [1.82, 2.24) is 9.62 Å². The highest BCUT2D eigenvalue weighted by molar-refractivity contribution is 9.10. The maximum absolute atomic E-state index is 12.9. The molecule has 1 saturated carbocycles. The molecule has 0 unspecified atom stereocenters. The minimum Gasteiger partial charge on any atom is -0.393 e. The molecule has 0 spiro atoms. The van der Waals surface area contributed by atoms with E-state index in [1.54, 1.807) is 24.3 Å². The van der Waals surface area contributed by atoms with Gasteiger partial charge in [-0.1, -0.05) is 12.1 Å². The number of halogens is 1. The van der Waals surface area contributed by atoms with E-state index in [0.717, 1.165) is 12.8 Å². The summed E-state index contributed by atoms with van der Waals surface area (Å²) in [7, 11) is -3.63. The van der Waals surface area contributed by atoms with E-state index in [-0.39, 0.29) is 35.4 Å². The molecule has 0 radical (unpaired) electrons. The van der Waals surface area contributed by atoms with Gasteiger partial charge in [0.25, 0.3) is 0 Å². The Morgan fingerprint density at radius 1 is 1.15 bits per heavy atom. The molecule has 1 aromatic carbocycles. The quantitative estimate of drug-likeness (QED) is 0.745. The molecule has 0 bridgehead atoms. The lowest BCUT2D eigenvalue weighted by Gasteiger charge is -2.33. The van der Waals surface area contributed by atoms with Crippen LogP contribution in [0.5, 0.6) is 0 Å². The Labute approximate surface area is 163 Å². The summed E-state index contributed by atoms with van der Waals surface area (Å²) in [6.45, 7) is 0.647. The Morgan fingerprint density at radius 3 is 2.54 bits per heavy atom. The third-order valence-corrected chi connectivity index (χ3v) is 8.13. The van der Waals surface area contributed by atoms with Gasteiger partial charge in [0.1, 0.15) is 0 Å². The van der Waals surface area contributed by atoms with Crippen LogP contribution in [-0.4, -0.2) is 49.0 Å². The number of aliphatic hydroxyl groups is 1. The van der Waals surface area contributed by atoms with Gasteiger partial charge in [-0.3, -0.25) is 4.79 Å². The second-order valence-electron chi connectivity index (χ2n) is 7.15. The number of piperidine rings is 1. The summed E-state index contributed by atoms with van der Waals surface area (Å²) in [6.07, 6.45) is 4.07. The van der Waals surface area contributed by atoms with Gasteiger partial charge in [-0.25, -0.2) is 8.42 Å². The van der Waals surface area contributed by atoms with E-state index in [1.807, 2.05) is 0 Å². The molecule has 1 heterocycles. The van der Waals surface area contributed by atoms with Crippen LogP contribution >= 0.6 is 15.9 Å². The summed E-state index contributed by atoms with van der Waals surface area (Å²) in [5.74, 6) is -0.397. The Balaban J connectivity index is 1.65. The SMILES string of the molecule is O=C(N[C@H]1CC[C@H](O)CC1)[C@H]1CCCN(S(=O)(=O)c2ccccc2Br)C1. The van der Waals surface area contributed by atoms with Crippen molar-refractivity contribution in [3.63, 3.8) is 0 Å². The lowest BCUT2D eigenvalue weighted by Crippen LogP contribution is -2.48. The van der Waals surface area contributed by atoms with E-state index in [0.29, 0.717) is 36.7 Å². The molecule has 0 aromatic heterocycles. The normalized spacial score (nSPS) is 27.8. The van der Waals surface area contributed by atoms with E-state index < -0.39 is 10.0 Å². The summed E-state index contributed by atoms with van der Waals surface area (Å²) in [5.41, 5.74) is 0. The van der Waals surface area contributed by atoms with Crippen molar-refractivity contribution in [2.24, 2.45) is 5.92 Å². The number of nitrogens with one attached hydrogen (secondary N) is 1. The number of nitrogens with zero attached hydrogens (tertiary/aromatic N) is 1. The van der Waals surface area contributed by atoms with Crippen LogP contribution in [0.25, 0.3) is 0 Å². The summed E-state index contributed by atoms with van der Waals surface area (Å²) in [4.78, 5) is 12.9. The largest absolute Gasteiger partial charge is 0.393 e. The first kappa shape index (κ1) is 19.8. The number of benzene rings is 1. The number of aliphatic hydroxyl groups excluding tert-OH is 1. The second-order valence-corrected chi connectivity index (χ2v) is 9.91. The first-order valence-corrected chi connectivity index (χ1v) is 11.3. The molecule has 2 aliphatic rings. The van der Waals surface area contributed by atoms with E-state index in [2.05, 4.69) is 21.2 Å². The van der Waals surface area contributed by atoms with Gasteiger partial charge in [0.15, 0.2) is 0 Å². The molecule has 1 aliphatic heterocycles. The van der Waals surface area contributed by atoms with Crippen LogP contribution < -0.4 is 5.32 Å². The maximum atomic E-state index is 12.9. The van der Waals surface area contributed by atoms with Gasteiger partial charge in [0.05, 0.1) is 16.9 Å². The van der Waals surface area contributed by atoms with E-state index in [4.69, 9.17) is 0 Å². The maximum Gasteiger partial charge on any atom is 0.244 e. The molecule has 26 heavy (non-hydrogen) atoms. The molecule has 1 amide bonds. The van der Waals surface area contributed by atoms with Gasteiger partial charge in [-0.2, -0.15) is 4.31 Å². The average Bonchev–Trinajstić information content (AvgIpc) is 2.64. The van der Waals surface area contributed by atoms with Crippen molar-refractivity contribution in [3.05, 3.63) is 28.7 Å². The Kier molecular flexibility index (Phi) is 6.37. The predicted molar refractivity (Wildman–Crippen MR) is 102 cm³/mol. The third-order valence-electron chi connectivity index (χ3n) is 5.25. The van der Waals surface area contributed by atoms with Crippen LogP contribution in [0, 0.1) is 5.92 Å². The molecule has 1 atom stereocenters. The van der Waals surface area contributed by atoms with Gasteiger partial charge < -0.3 is 10.4 Å². The summed E-state index contributed by atoms with van der Waals surface area (Å²) >= 11 is 3.31. The van der Waals surface area contributed by atoms with Crippen LogP contribution in [0.4, 0.5) is 0 Å². The summed E-state index contributed by atoms with van der Waals surface area (Å²) in [5, 5.41) is 12.6. The average molecular weight is 445 g/mol. The van der Waals surface area contributed by atoms with Crippen molar-refractivity contribution in [1.29, 1.82) is 0 Å². The number of sulfonamides is 1. The first-order valence-electron chi connectivity index (χ1n) is 9.11. The van der Waals surface area contributed by atoms with E-state index >= 15 is 0 Å². The van der Waals surface area contributed by atoms with E-state index in [1.165, 1.54) is 4.31 Å². The third kappa shape index (κ3) is 4.47. The monoisotopic (exact) mass is 444 g/mol. The number of hydrogen-bond donors (Lipinski definition) is 2. The number of carbonyl (C=O) groups is 1. The zero-order valence-electron chi connectivity index (χ0n) is 14.6. The summed E-state index contributed by atoms with van der Waals surface area (Å²) < 4.78 is 27.8. The van der Waals surface area contributed by atoms with Crippen LogP contribution in [0.15, 0.2) is 33.6 Å². The van der Waals surface area contributed by atoms with Gasteiger partial charge >= 0.3 is 0 Å². The molecule has 8 heteroatoms. The van der Waals surface area contributed by atoms with E-state index in [9.17, 15) is 18.3 Å². The van der Waals surface area contributed by atoms with Crippen LogP contribution in [-0.2, 0) is 14.8 Å². The zero-order chi connectivity index (χ0) is 18.7. The van der Waals surface area contributed by atoms with Crippen LogP contribution in [0.1, 0.15) is 38.5 Å². The molecule has 2 N–H and O–H groups in total. The highest BCUT2D eigenvalue weighted by atomic mass is 79.9. The van der Waals surface area contributed by atoms with Crippen molar-refractivity contribution in [2.45, 2.75) is 55.6 Å². The molecule has 144 valence electrons. The van der Waals surface area contributed by atoms with Crippen molar-refractivity contribution >= 4 is 31.9 Å². The standard InChI is InChI=1S/C18H25BrN2O4S/c19-16-5-1-2-6-17(16)26(24,25)21-11-3-4-13(12-21)18(23)20-14-7-9-15(22)10-8-14/h1-2,5-6,13-15,22H,3-4,7-12H2,(H,20,23)/t13-,14-,15-/m0/s1. The smallest absolute Gasteiger partial charge is 0.244 e. The highest BCUT2D eigenvalue weighted by Crippen LogP contribution is 2.28. The van der Waals surface area contributed by atoms with Gasteiger partial charge in [0.2, 0.25) is 15.9 Å². The first-order chi connectivity index (χ1) is 12.4. The number of rotatable bonds is 4. The van der Waals surface area contributed by atoms with Gasteiger partial charge in [0, 0.05) is 23.6 Å². The van der Waals surface area contributed by atoms with Crippen LogP contribution in [0.2, 0.25) is 0 Å². The Hall–Kier alpha value is -0.960. The molecular formula is C18H25BrN2O4S. The fourth-order valence-electron chi connectivity index (χ4n) is 3.71. The summed E-state index contributed by atoms with van der Waals surface area (Å²) in [6, 6.07) is 6.84. The van der Waals surface area contributed by atoms with Gasteiger partial charge in [-0.15, -0.1) is 0 Å². The second kappa shape index (κ2) is 8.37. The fourth-order valence-corrected chi connectivity index (χ4v) is 6.19. The molecule has 3 rings (SSSR count). The zero-order valence-corrected chi connectivity index (χ0v) is 17.0. The van der Waals surface area contributed by atoms with Crippen molar-refractivity contribution in [2.75, 3.05) is 13.1 Å². The topological polar surface area (TPSA) is 86.7 Å². The highest BCUT2D eigenvalue weighted by Gasteiger charge is 2.35. The lowest BCUT2D eigenvalue weighted by atomic mass is 9.92. The number of amides is 1. The molecule has 6 nitrogen and oxygen atoms in total. The Morgan fingerprint density at radius 2 is 1.85 bits per heavy atom. The number of carbonyl (C=O) groups excluding carboxylic acids is 1. The minimum atomic E-state index is -3.63. The van der Waals surface area contributed by atoms with Crippen molar-refractivity contribution in [3.8, 4) is 0 Å². The van der Waals surface area contributed by atoms with Crippen LogP contribution in [0.3, 0.4) is 0 Å². The Bertz CT molecular complexity index is 747. The number of hydrogen-bond acceptors (Lipinski definition) is 4. The molecule has 1 aliphatic carbocycles. The fraction of sp³-hybridized carbons (Fsp3) is 0.611. The lowest BCUT2D eigenvalue weighted by molar-refractivity contribution is -0.127. The predicted octanol–water partition coefficient (Wildman–Crippen LogP) is 2.27.